The van der Waals surface area contributed by atoms with Crippen LogP contribution in [0.5, 0.6) is 0 Å². The van der Waals surface area contributed by atoms with Gasteiger partial charge in [-0.25, -0.2) is 9.97 Å². The molecule has 0 aliphatic heterocycles. The van der Waals surface area contributed by atoms with Crippen molar-refractivity contribution in [1.82, 2.24) is 14.5 Å². The lowest BCUT2D eigenvalue weighted by molar-refractivity contribution is -0.141. The first-order chi connectivity index (χ1) is 16.8. The number of aryl methyl sites for hydroxylation is 1. The maximum absolute atomic E-state index is 13.1. The smallest absolute Gasteiger partial charge is 0.386 e. The maximum Gasteiger partial charge on any atom is 0.433 e. The number of rotatable bonds is 5. The van der Waals surface area contributed by atoms with E-state index in [-0.39, 0.29) is 5.69 Å². The Hall–Kier alpha value is -2.21. The highest BCUT2D eigenvalue weighted by Gasteiger charge is 2.33. The lowest BCUT2D eigenvalue weighted by Crippen LogP contribution is -2.22. The van der Waals surface area contributed by atoms with Crippen molar-refractivity contribution < 1.29 is 23.1 Å². The van der Waals surface area contributed by atoms with Gasteiger partial charge in [0.05, 0.1) is 16.6 Å². The zero-order valence-electron chi connectivity index (χ0n) is 20.7. The zero-order chi connectivity index (χ0) is 26.4. The van der Waals surface area contributed by atoms with Crippen LogP contribution >= 0.6 is 22.6 Å². The highest BCUT2D eigenvalue weighted by molar-refractivity contribution is 14.1. The van der Waals surface area contributed by atoms with Gasteiger partial charge in [0, 0.05) is 28.1 Å². The summed E-state index contributed by atoms with van der Waals surface area (Å²) in [5.74, 6) is 1.21. The summed E-state index contributed by atoms with van der Waals surface area (Å²) in [4.78, 5) is 21.3. The van der Waals surface area contributed by atoms with Gasteiger partial charge in [0.1, 0.15) is 17.2 Å². The second-order valence-corrected chi connectivity index (χ2v) is 12.1. The van der Waals surface area contributed by atoms with E-state index in [1.165, 1.54) is 6.07 Å². The second-order valence-electron chi connectivity index (χ2n) is 10.1. The molecule has 36 heavy (non-hydrogen) atoms. The number of aliphatic hydroxyl groups is 1. The Bertz CT molecular complexity index is 1270. The molecule has 1 aliphatic carbocycles. The van der Waals surface area contributed by atoms with Gasteiger partial charge >= 0.3 is 6.18 Å². The first kappa shape index (κ1) is 26.8. The molecule has 6 nitrogen and oxygen atoms in total. The number of nitrogens with zero attached hydrogens (tertiary/aromatic N) is 3. The van der Waals surface area contributed by atoms with Gasteiger partial charge < -0.3 is 15.0 Å². The number of imidazole rings is 1. The van der Waals surface area contributed by atoms with Crippen molar-refractivity contribution in [2.75, 3.05) is 5.32 Å². The number of carbonyl (C=O) groups excluding carboxylic acids is 1. The molecular weight excluding hydrogens is 584 g/mol. The fourth-order valence-corrected chi connectivity index (χ4v) is 5.69. The van der Waals surface area contributed by atoms with Gasteiger partial charge in [0.25, 0.3) is 5.91 Å². The van der Waals surface area contributed by atoms with Crippen molar-refractivity contribution in [3.8, 4) is 0 Å². The highest BCUT2D eigenvalue weighted by atomic mass is 127. The molecule has 1 aromatic carbocycles. The van der Waals surface area contributed by atoms with Crippen LogP contribution in [-0.4, -0.2) is 29.5 Å². The van der Waals surface area contributed by atoms with E-state index in [0.717, 1.165) is 49.2 Å². The molecule has 4 rings (SSSR count). The van der Waals surface area contributed by atoms with E-state index in [0.29, 0.717) is 32.5 Å². The fraction of sp³-hybridized carbons (Fsp3) is 0.500. The summed E-state index contributed by atoms with van der Waals surface area (Å²) < 4.78 is 41.9. The van der Waals surface area contributed by atoms with Crippen molar-refractivity contribution in [2.24, 2.45) is 13.0 Å². The number of alkyl halides is 4. The molecular formula is C26H30F3IN4O2. The summed E-state index contributed by atoms with van der Waals surface area (Å²) >= 11 is 2.50. The summed E-state index contributed by atoms with van der Waals surface area (Å²) in [6, 6.07) is 6.65. The minimum absolute atomic E-state index is 0.302. The molecule has 0 radical (unpaired) electrons. The van der Waals surface area contributed by atoms with Gasteiger partial charge in [-0.05, 0) is 69.7 Å². The van der Waals surface area contributed by atoms with Crippen molar-refractivity contribution in [3.05, 3.63) is 53.1 Å². The van der Waals surface area contributed by atoms with Crippen molar-refractivity contribution >= 4 is 45.2 Å². The monoisotopic (exact) mass is 614 g/mol. The Balaban J connectivity index is 1.69. The molecule has 1 saturated carbocycles. The molecule has 194 valence electrons. The minimum Gasteiger partial charge on any atom is -0.386 e. The van der Waals surface area contributed by atoms with E-state index in [4.69, 9.17) is 4.98 Å². The number of aromatic nitrogens is 3. The van der Waals surface area contributed by atoms with Crippen LogP contribution in [0.15, 0.2) is 30.3 Å². The molecule has 2 N–H and O–H groups in total. The number of nitrogens with one attached hydrogen (secondary N) is 1. The van der Waals surface area contributed by atoms with Crippen LogP contribution in [0.2, 0.25) is 0 Å². The van der Waals surface area contributed by atoms with Gasteiger partial charge in [-0.2, -0.15) is 13.2 Å². The van der Waals surface area contributed by atoms with Gasteiger partial charge in [-0.1, -0.05) is 35.6 Å². The number of fused-ring (bicyclic) bond motifs is 1. The topological polar surface area (TPSA) is 80.0 Å². The van der Waals surface area contributed by atoms with E-state index in [1.54, 1.807) is 26.0 Å². The Kier molecular flexibility index (Phi) is 7.40. The lowest BCUT2D eigenvalue weighted by atomic mass is 9.80. The fourth-order valence-electron chi connectivity index (χ4n) is 4.97. The number of carbonyl (C=O) groups is 1. The maximum atomic E-state index is 13.1. The van der Waals surface area contributed by atoms with E-state index in [1.807, 2.05) is 11.6 Å². The number of halogens is 4. The summed E-state index contributed by atoms with van der Waals surface area (Å²) in [5.41, 5.74) is -0.642. The Morgan fingerprint density at radius 1 is 1.17 bits per heavy atom. The second kappa shape index (κ2) is 9.92. The normalized spacial score (nSPS) is 19.9. The molecule has 1 unspecified atom stereocenters. The van der Waals surface area contributed by atoms with Gasteiger partial charge in [0.15, 0.2) is 0 Å². The van der Waals surface area contributed by atoms with Crippen LogP contribution in [0, 0.1) is 5.92 Å². The largest absolute Gasteiger partial charge is 0.433 e. The quantitative estimate of drug-likeness (QED) is 0.252. The van der Waals surface area contributed by atoms with Crippen LogP contribution < -0.4 is 5.32 Å². The van der Waals surface area contributed by atoms with Crippen LogP contribution in [0.1, 0.15) is 79.9 Å². The Labute approximate surface area is 221 Å². The predicted molar refractivity (Wildman–Crippen MR) is 141 cm³/mol. The van der Waals surface area contributed by atoms with Gasteiger partial charge in [-0.15, -0.1) is 0 Å². The van der Waals surface area contributed by atoms with E-state index >= 15 is 0 Å². The molecule has 0 bridgehead atoms. The molecule has 1 amide bonds. The average molecular weight is 614 g/mol. The van der Waals surface area contributed by atoms with Crippen LogP contribution in [0.25, 0.3) is 11.0 Å². The molecule has 2 heterocycles. The highest BCUT2D eigenvalue weighted by Crippen LogP contribution is 2.40. The predicted octanol–water partition coefficient (Wildman–Crippen LogP) is 6.56. The molecule has 3 aromatic rings. The number of pyridine rings is 1. The molecule has 1 aliphatic rings. The summed E-state index contributed by atoms with van der Waals surface area (Å²) in [7, 11) is 1.93. The van der Waals surface area contributed by atoms with Crippen LogP contribution in [0.4, 0.5) is 18.9 Å². The molecule has 0 spiro atoms. The SMILES string of the molecule is CC(I)C1CCC(c2nc3cc(C(C)(C)O)c(NC(=O)c4cccc(C(F)(F)F)n4)cc3n2C)CC1. The molecule has 0 saturated heterocycles. The van der Waals surface area contributed by atoms with E-state index in [9.17, 15) is 23.1 Å². The van der Waals surface area contributed by atoms with Crippen molar-refractivity contribution in [2.45, 2.75) is 68.1 Å². The standard InChI is InChI=1S/C26H30F3IN4O2/c1-14(30)15-8-10-16(11-9-15)23-32-20-12-17(25(2,3)36)19(13-21(20)34(23)4)33-24(35)18-6-5-7-22(31-18)26(27,28)29/h5-7,12-16,36H,8-11H2,1-4H3,(H,33,35). The van der Waals surface area contributed by atoms with Gasteiger partial charge in [0.2, 0.25) is 0 Å². The molecule has 1 fully saturated rings. The number of hydrogen-bond donors (Lipinski definition) is 2. The van der Waals surface area contributed by atoms with Crippen LogP contribution in [0.3, 0.4) is 0 Å². The zero-order valence-corrected chi connectivity index (χ0v) is 22.8. The van der Waals surface area contributed by atoms with E-state index in [2.05, 4.69) is 39.8 Å². The first-order valence-electron chi connectivity index (χ1n) is 12.0. The third kappa shape index (κ3) is 5.53. The summed E-state index contributed by atoms with van der Waals surface area (Å²) in [6.07, 6.45) is -0.250. The number of amides is 1. The third-order valence-corrected chi connectivity index (χ3v) is 8.04. The van der Waals surface area contributed by atoms with Crippen molar-refractivity contribution in [3.63, 3.8) is 0 Å². The molecule has 1 atom stereocenters. The number of hydrogen-bond acceptors (Lipinski definition) is 4. The van der Waals surface area contributed by atoms with Crippen molar-refractivity contribution in [1.29, 1.82) is 0 Å². The van der Waals surface area contributed by atoms with Gasteiger partial charge in [-0.3, -0.25) is 4.79 Å². The lowest BCUT2D eigenvalue weighted by Gasteiger charge is -2.29. The summed E-state index contributed by atoms with van der Waals surface area (Å²) in [5, 5.41) is 13.5. The van der Waals surface area contributed by atoms with E-state index < -0.39 is 23.4 Å². The Morgan fingerprint density at radius 3 is 2.42 bits per heavy atom. The molecule has 10 heteroatoms. The Morgan fingerprint density at radius 2 is 1.83 bits per heavy atom. The van der Waals surface area contributed by atoms with Crippen LogP contribution in [-0.2, 0) is 18.8 Å². The molecule has 2 aromatic heterocycles. The number of anilines is 1. The summed E-state index contributed by atoms with van der Waals surface area (Å²) in [6.45, 7) is 5.43. The number of benzene rings is 1. The average Bonchev–Trinajstić information content (AvgIpc) is 3.13. The first-order valence-corrected chi connectivity index (χ1v) is 13.2. The third-order valence-electron chi connectivity index (χ3n) is 7.02. The minimum atomic E-state index is -4.66.